The lowest BCUT2D eigenvalue weighted by molar-refractivity contribution is -0.136. The summed E-state index contributed by atoms with van der Waals surface area (Å²) < 4.78 is 10.5. The predicted octanol–water partition coefficient (Wildman–Crippen LogP) is 1.01. The number of methoxy groups -OCH3 is 2. The lowest BCUT2D eigenvalue weighted by Crippen LogP contribution is -2.48. The molecule has 2 heterocycles. The fourth-order valence-electron chi connectivity index (χ4n) is 3.58. The molecule has 2 unspecified atom stereocenters. The first kappa shape index (κ1) is 17.5. The van der Waals surface area contributed by atoms with Gasteiger partial charge in [-0.1, -0.05) is 0 Å². The summed E-state index contributed by atoms with van der Waals surface area (Å²) in [5.74, 6) is 0.835. The molecular formula is C18H25N3O4. The topological polar surface area (TPSA) is 85.1 Å². The molecular weight excluding hydrogens is 322 g/mol. The second-order valence-corrected chi connectivity index (χ2v) is 6.63. The van der Waals surface area contributed by atoms with Crippen molar-refractivity contribution in [2.45, 2.75) is 25.3 Å². The summed E-state index contributed by atoms with van der Waals surface area (Å²) in [6, 6.07) is 5.38. The van der Waals surface area contributed by atoms with Crippen molar-refractivity contribution in [1.82, 2.24) is 4.90 Å². The molecule has 7 nitrogen and oxygen atoms in total. The highest BCUT2D eigenvalue weighted by Crippen LogP contribution is 2.34. The minimum Gasteiger partial charge on any atom is -0.493 e. The summed E-state index contributed by atoms with van der Waals surface area (Å²) in [4.78, 5) is 28.6. The number of nitrogens with two attached hydrogens (primary N) is 1. The van der Waals surface area contributed by atoms with E-state index in [1.807, 2.05) is 11.0 Å². The van der Waals surface area contributed by atoms with Crippen molar-refractivity contribution in [2.75, 3.05) is 38.8 Å². The molecule has 2 fully saturated rings. The Labute approximate surface area is 147 Å². The van der Waals surface area contributed by atoms with Gasteiger partial charge in [0.05, 0.1) is 20.1 Å². The van der Waals surface area contributed by atoms with Crippen LogP contribution >= 0.6 is 0 Å². The molecule has 0 aromatic heterocycles. The number of ether oxygens (including phenoxy) is 2. The minimum absolute atomic E-state index is 0.0338. The van der Waals surface area contributed by atoms with Crippen LogP contribution in [0.15, 0.2) is 18.2 Å². The molecule has 0 bridgehead atoms. The van der Waals surface area contributed by atoms with E-state index in [2.05, 4.69) is 0 Å². The summed E-state index contributed by atoms with van der Waals surface area (Å²) in [6.45, 7) is 1.70. The van der Waals surface area contributed by atoms with Crippen LogP contribution in [0, 0.1) is 5.92 Å². The molecule has 136 valence electrons. The van der Waals surface area contributed by atoms with E-state index in [-0.39, 0.29) is 30.2 Å². The fourth-order valence-corrected chi connectivity index (χ4v) is 3.58. The highest BCUT2D eigenvalue weighted by molar-refractivity contribution is 6.00. The fraction of sp³-hybridized carbons (Fsp3) is 0.556. The number of benzene rings is 1. The molecule has 1 aromatic rings. The molecule has 7 heteroatoms. The SMILES string of the molecule is COc1ccc(N2CC(C(=O)N3CCCC(N)C3)CC2=O)cc1OC. The molecule has 3 rings (SSSR count). The number of rotatable bonds is 4. The first-order chi connectivity index (χ1) is 12.0. The average Bonchev–Trinajstić information content (AvgIpc) is 3.02. The molecule has 2 aliphatic rings. The summed E-state index contributed by atoms with van der Waals surface area (Å²) in [5, 5.41) is 0. The van der Waals surface area contributed by atoms with Crippen LogP contribution in [0.1, 0.15) is 19.3 Å². The first-order valence-corrected chi connectivity index (χ1v) is 8.60. The smallest absolute Gasteiger partial charge is 0.228 e. The minimum atomic E-state index is -0.314. The van der Waals surface area contributed by atoms with E-state index >= 15 is 0 Å². The first-order valence-electron chi connectivity index (χ1n) is 8.60. The molecule has 1 aromatic carbocycles. The van der Waals surface area contributed by atoms with Crippen LogP contribution < -0.4 is 20.1 Å². The van der Waals surface area contributed by atoms with Crippen molar-refractivity contribution in [2.24, 2.45) is 11.7 Å². The zero-order chi connectivity index (χ0) is 18.0. The summed E-state index contributed by atoms with van der Waals surface area (Å²) >= 11 is 0. The quantitative estimate of drug-likeness (QED) is 0.878. The normalized spacial score (nSPS) is 23.7. The van der Waals surface area contributed by atoms with Crippen molar-refractivity contribution in [1.29, 1.82) is 0 Å². The van der Waals surface area contributed by atoms with Crippen LogP contribution in [0.25, 0.3) is 0 Å². The van der Waals surface area contributed by atoms with Gasteiger partial charge in [-0.2, -0.15) is 0 Å². The predicted molar refractivity (Wildman–Crippen MR) is 93.8 cm³/mol. The number of hydrogen-bond acceptors (Lipinski definition) is 5. The van der Waals surface area contributed by atoms with Crippen molar-refractivity contribution in [3.63, 3.8) is 0 Å². The van der Waals surface area contributed by atoms with Crippen molar-refractivity contribution in [3.8, 4) is 11.5 Å². The van der Waals surface area contributed by atoms with Gasteiger partial charge in [-0.15, -0.1) is 0 Å². The zero-order valence-corrected chi connectivity index (χ0v) is 14.7. The molecule has 2 N–H and O–H groups in total. The Morgan fingerprint density at radius 2 is 1.96 bits per heavy atom. The van der Waals surface area contributed by atoms with Gasteiger partial charge < -0.3 is 25.0 Å². The maximum atomic E-state index is 12.7. The third-order valence-electron chi connectivity index (χ3n) is 4.92. The van der Waals surface area contributed by atoms with E-state index in [1.165, 1.54) is 0 Å². The number of anilines is 1. The Hall–Kier alpha value is -2.28. The highest BCUT2D eigenvalue weighted by Gasteiger charge is 2.38. The monoisotopic (exact) mass is 347 g/mol. The summed E-state index contributed by atoms with van der Waals surface area (Å²) in [5.41, 5.74) is 6.69. The Morgan fingerprint density at radius 1 is 1.20 bits per heavy atom. The molecule has 2 aliphatic heterocycles. The van der Waals surface area contributed by atoms with Gasteiger partial charge in [-0.05, 0) is 25.0 Å². The molecule has 2 atom stereocenters. The largest absolute Gasteiger partial charge is 0.493 e. The molecule has 0 saturated carbocycles. The molecule has 2 amide bonds. The molecule has 0 aliphatic carbocycles. The van der Waals surface area contributed by atoms with Crippen molar-refractivity contribution >= 4 is 17.5 Å². The number of hydrogen-bond donors (Lipinski definition) is 1. The summed E-state index contributed by atoms with van der Waals surface area (Å²) in [6.07, 6.45) is 2.11. The van der Waals surface area contributed by atoms with Crippen LogP contribution in [0.5, 0.6) is 11.5 Å². The Bertz CT molecular complexity index is 664. The van der Waals surface area contributed by atoms with Gasteiger partial charge in [-0.25, -0.2) is 0 Å². The summed E-state index contributed by atoms with van der Waals surface area (Å²) in [7, 11) is 3.12. The Kier molecular flexibility index (Phi) is 5.13. The van der Waals surface area contributed by atoms with E-state index in [0.717, 1.165) is 19.4 Å². The number of likely N-dealkylation sites (tertiary alicyclic amines) is 1. The average molecular weight is 347 g/mol. The van der Waals surface area contributed by atoms with E-state index < -0.39 is 0 Å². The molecule has 2 saturated heterocycles. The third kappa shape index (κ3) is 3.56. The van der Waals surface area contributed by atoms with Crippen LogP contribution in [0.2, 0.25) is 0 Å². The lowest BCUT2D eigenvalue weighted by Gasteiger charge is -2.32. The van der Waals surface area contributed by atoms with E-state index in [1.54, 1.807) is 31.3 Å². The number of carbonyl (C=O) groups excluding carboxylic acids is 2. The van der Waals surface area contributed by atoms with Crippen molar-refractivity contribution < 1.29 is 19.1 Å². The van der Waals surface area contributed by atoms with E-state index in [4.69, 9.17) is 15.2 Å². The maximum absolute atomic E-state index is 12.7. The van der Waals surface area contributed by atoms with Crippen LogP contribution in [-0.4, -0.2) is 56.6 Å². The molecule has 0 radical (unpaired) electrons. The molecule has 0 spiro atoms. The molecule has 25 heavy (non-hydrogen) atoms. The van der Waals surface area contributed by atoms with E-state index in [9.17, 15) is 9.59 Å². The standard InChI is InChI=1S/C18H25N3O4/c1-24-15-6-5-14(9-16(15)25-2)21-10-12(8-17(21)22)18(23)20-7-3-4-13(19)11-20/h5-6,9,12-13H,3-4,7-8,10-11,19H2,1-2H3. The van der Waals surface area contributed by atoms with Gasteiger partial charge in [0.25, 0.3) is 0 Å². The lowest BCUT2D eigenvalue weighted by atomic mass is 10.0. The van der Waals surface area contributed by atoms with E-state index in [0.29, 0.717) is 30.3 Å². The maximum Gasteiger partial charge on any atom is 0.228 e. The number of nitrogens with zero attached hydrogens (tertiary/aromatic N) is 2. The number of amides is 2. The van der Waals surface area contributed by atoms with Crippen LogP contribution in [0.3, 0.4) is 0 Å². The van der Waals surface area contributed by atoms with Gasteiger partial charge in [0, 0.05) is 43.9 Å². The van der Waals surface area contributed by atoms with Crippen molar-refractivity contribution in [3.05, 3.63) is 18.2 Å². The van der Waals surface area contributed by atoms with Gasteiger partial charge in [0.2, 0.25) is 11.8 Å². The third-order valence-corrected chi connectivity index (χ3v) is 4.92. The van der Waals surface area contributed by atoms with Gasteiger partial charge in [0.15, 0.2) is 11.5 Å². The number of piperidine rings is 1. The zero-order valence-electron chi connectivity index (χ0n) is 14.7. The van der Waals surface area contributed by atoms with Gasteiger partial charge >= 0.3 is 0 Å². The van der Waals surface area contributed by atoms with Gasteiger partial charge in [0.1, 0.15) is 0 Å². The Balaban J connectivity index is 1.73. The van der Waals surface area contributed by atoms with Crippen LogP contribution in [0.4, 0.5) is 5.69 Å². The second-order valence-electron chi connectivity index (χ2n) is 6.63. The number of carbonyl (C=O) groups is 2. The Morgan fingerprint density at radius 3 is 2.64 bits per heavy atom. The van der Waals surface area contributed by atoms with Gasteiger partial charge in [-0.3, -0.25) is 9.59 Å². The highest BCUT2D eigenvalue weighted by atomic mass is 16.5. The van der Waals surface area contributed by atoms with Crippen LogP contribution in [-0.2, 0) is 9.59 Å². The second kappa shape index (κ2) is 7.31.